The highest BCUT2D eigenvalue weighted by atomic mass is 35.5. The number of thiophene rings is 1. The summed E-state index contributed by atoms with van der Waals surface area (Å²) in [5.41, 5.74) is 1.03. The maximum atomic E-state index is 12.8. The number of rotatable bonds is 6. The van der Waals surface area contributed by atoms with Crippen molar-refractivity contribution in [2.75, 3.05) is 0 Å². The van der Waals surface area contributed by atoms with Gasteiger partial charge >= 0.3 is 0 Å². The normalized spacial score (nSPS) is 11.0. The zero-order valence-corrected chi connectivity index (χ0v) is 15.8. The molecule has 0 aliphatic heterocycles. The van der Waals surface area contributed by atoms with E-state index >= 15 is 0 Å². The van der Waals surface area contributed by atoms with Crippen LogP contribution in [0.1, 0.15) is 34.9 Å². The highest BCUT2D eigenvalue weighted by Gasteiger charge is 2.21. The van der Waals surface area contributed by atoms with Gasteiger partial charge in [-0.2, -0.15) is 0 Å². The van der Waals surface area contributed by atoms with E-state index in [1.54, 1.807) is 6.20 Å². The molecule has 4 nitrogen and oxygen atoms in total. The number of benzene rings is 1. The van der Waals surface area contributed by atoms with Gasteiger partial charge in [0.25, 0.3) is 5.91 Å². The summed E-state index contributed by atoms with van der Waals surface area (Å²) in [6, 6.07) is 11.6. The molecule has 0 saturated heterocycles. The van der Waals surface area contributed by atoms with Crippen LogP contribution >= 0.6 is 22.9 Å². The Hall–Kier alpha value is -2.11. The molecule has 130 valence electrons. The molecule has 0 N–H and O–H groups in total. The average Bonchev–Trinajstić information content (AvgIpc) is 3.26. The van der Waals surface area contributed by atoms with Crippen LogP contribution in [0.2, 0.25) is 5.02 Å². The van der Waals surface area contributed by atoms with Gasteiger partial charge in [0, 0.05) is 23.5 Å². The Labute approximate surface area is 156 Å². The van der Waals surface area contributed by atoms with Gasteiger partial charge in [0.2, 0.25) is 0 Å². The lowest BCUT2D eigenvalue weighted by atomic mass is 10.2. The van der Waals surface area contributed by atoms with Crippen molar-refractivity contribution in [2.24, 2.45) is 0 Å². The fourth-order valence-corrected chi connectivity index (χ4v) is 3.50. The van der Waals surface area contributed by atoms with Crippen LogP contribution in [-0.4, -0.2) is 26.4 Å². The second-order valence-corrected chi connectivity index (χ2v) is 7.42. The van der Waals surface area contributed by atoms with Crippen LogP contribution in [0.5, 0.6) is 0 Å². The van der Waals surface area contributed by atoms with Crippen LogP contribution in [0.3, 0.4) is 0 Å². The molecular weight excluding hydrogens is 354 g/mol. The minimum atomic E-state index is 0.0392. The third kappa shape index (κ3) is 4.11. The van der Waals surface area contributed by atoms with Gasteiger partial charge in [0.15, 0.2) is 0 Å². The third-order valence-corrected chi connectivity index (χ3v) is 5.25. The first-order valence-electron chi connectivity index (χ1n) is 8.14. The van der Waals surface area contributed by atoms with Crippen molar-refractivity contribution in [3.63, 3.8) is 0 Å². The van der Waals surface area contributed by atoms with Crippen molar-refractivity contribution in [3.05, 3.63) is 75.5 Å². The first-order chi connectivity index (χ1) is 12.1. The maximum Gasteiger partial charge on any atom is 0.264 e. The molecule has 0 spiro atoms. The zero-order valence-electron chi connectivity index (χ0n) is 14.2. The lowest BCUT2D eigenvalue weighted by Crippen LogP contribution is -2.36. The molecule has 0 unspecified atom stereocenters. The fraction of sp³-hybridized carbons (Fsp3) is 0.263. The number of hydrogen-bond acceptors (Lipinski definition) is 3. The molecule has 0 aliphatic rings. The molecule has 0 atom stereocenters. The molecule has 0 saturated carbocycles. The van der Waals surface area contributed by atoms with Crippen molar-refractivity contribution < 1.29 is 4.79 Å². The maximum absolute atomic E-state index is 12.8. The van der Waals surface area contributed by atoms with E-state index in [9.17, 15) is 4.79 Å². The minimum Gasteiger partial charge on any atom is -0.329 e. The van der Waals surface area contributed by atoms with Crippen molar-refractivity contribution >= 4 is 28.8 Å². The predicted molar refractivity (Wildman–Crippen MR) is 102 cm³/mol. The van der Waals surface area contributed by atoms with Crippen LogP contribution in [0.15, 0.2) is 54.2 Å². The molecule has 25 heavy (non-hydrogen) atoms. The summed E-state index contributed by atoms with van der Waals surface area (Å²) in [4.78, 5) is 19.8. The van der Waals surface area contributed by atoms with Crippen LogP contribution in [0, 0.1) is 0 Å². The second-order valence-electron chi connectivity index (χ2n) is 6.07. The summed E-state index contributed by atoms with van der Waals surface area (Å²) in [5, 5.41) is 2.65. The van der Waals surface area contributed by atoms with E-state index < -0.39 is 0 Å². The average molecular weight is 374 g/mol. The van der Waals surface area contributed by atoms with Crippen LogP contribution in [0.25, 0.3) is 0 Å². The van der Waals surface area contributed by atoms with Gasteiger partial charge < -0.3 is 9.47 Å². The first kappa shape index (κ1) is 17.7. The van der Waals surface area contributed by atoms with Crippen molar-refractivity contribution in [2.45, 2.75) is 33.0 Å². The summed E-state index contributed by atoms with van der Waals surface area (Å²) >= 11 is 7.73. The zero-order chi connectivity index (χ0) is 17.8. The minimum absolute atomic E-state index is 0.0392. The topological polar surface area (TPSA) is 38.1 Å². The molecule has 0 radical (unpaired) electrons. The van der Waals surface area contributed by atoms with Crippen LogP contribution in [0.4, 0.5) is 0 Å². The third-order valence-electron chi connectivity index (χ3n) is 4.03. The standard InChI is InChI=1S/C19H20ClN3OS/c1-14(2)23(19(24)17-8-5-11-25-17)13-18-21-9-10-22(18)12-15-6-3-4-7-16(15)20/h3-11,14H,12-13H2,1-2H3. The number of halogens is 1. The molecule has 3 rings (SSSR count). The first-order valence-corrected chi connectivity index (χ1v) is 9.40. The van der Waals surface area contributed by atoms with Gasteiger partial charge in [0.1, 0.15) is 5.82 Å². The molecule has 2 aromatic heterocycles. The predicted octanol–water partition coefficient (Wildman–Crippen LogP) is 4.70. The molecule has 0 fully saturated rings. The summed E-state index contributed by atoms with van der Waals surface area (Å²) in [5.74, 6) is 0.885. The van der Waals surface area contributed by atoms with Crippen LogP contribution in [-0.2, 0) is 13.1 Å². The smallest absolute Gasteiger partial charge is 0.264 e. The number of hydrogen-bond donors (Lipinski definition) is 0. The van der Waals surface area contributed by atoms with Gasteiger partial charge in [-0.05, 0) is 36.9 Å². The van der Waals surface area contributed by atoms with Gasteiger partial charge in [0.05, 0.1) is 18.0 Å². The summed E-state index contributed by atoms with van der Waals surface area (Å²) in [6.07, 6.45) is 3.69. The Morgan fingerprint density at radius 1 is 1.28 bits per heavy atom. The number of nitrogens with zero attached hydrogens (tertiary/aromatic N) is 3. The van der Waals surface area contributed by atoms with Crippen molar-refractivity contribution in [1.29, 1.82) is 0 Å². The molecule has 0 bridgehead atoms. The number of amides is 1. The Kier molecular flexibility index (Phi) is 5.56. The van der Waals surface area contributed by atoms with Gasteiger partial charge in [-0.3, -0.25) is 4.79 Å². The highest BCUT2D eigenvalue weighted by molar-refractivity contribution is 7.12. The molecule has 1 aromatic carbocycles. The number of imidazole rings is 1. The van der Waals surface area contributed by atoms with E-state index in [0.29, 0.717) is 13.1 Å². The van der Waals surface area contributed by atoms with Crippen molar-refractivity contribution in [1.82, 2.24) is 14.5 Å². The lowest BCUT2D eigenvalue weighted by Gasteiger charge is -2.26. The largest absolute Gasteiger partial charge is 0.329 e. The second kappa shape index (κ2) is 7.85. The van der Waals surface area contributed by atoms with Gasteiger partial charge in [-0.25, -0.2) is 4.98 Å². The number of aromatic nitrogens is 2. The highest BCUT2D eigenvalue weighted by Crippen LogP contribution is 2.19. The Bertz CT molecular complexity index is 842. The molecule has 3 aromatic rings. The van der Waals surface area contributed by atoms with Crippen molar-refractivity contribution in [3.8, 4) is 0 Å². The van der Waals surface area contributed by atoms with Gasteiger partial charge in [-0.1, -0.05) is 35.9 Å². The monoisotopic (exact) mass is 373 g/mol. The SMILES string of the molecule is CC(C)N(Cc1nccn1Cc1ccccc1Cl)C(=O)c1cccs1. The van der Waals surface area contributed by atoms with E-state index in [-0.39, 0.29) is 11.9 Å². The van der Waals surface area contributed by atoms with Gasteiger partial charge in [-0.15, -0.1) is 11.3 Å². The lowest BCUT2D eigenvalue weighted by molar-refractivity contribution is 0.0688. The molecule has 2 heterocycles. The quantitative estimate of drug-likeness (QED) is 0.628. The van der Waals surface area contributed by atoms with Crippen LogP contribution < -0.4 is 0 Å². The van der Waals surface area contributed by atoms with E-state index in [1.165, 1.54) is 11.3 Å². The molecule has 6 heteroatoms. The molecule has 0 aliphatic carbocycles. The van der Waals surface area contributed by atoms with E-state index in [0.717, 1.165) is 21.3 Å². The Morgan fingerprint density at radius 3 is 2.76 bits per heavy atom. The van der Waals surface area contributed by atoms with E-state index in [1.807, 2.05) is 71.3 Å². The Balaban J connectivity index is 1.81. The summed E-state index contributed by atoms with van der Waals surface area (Å²) in [6.45, 7) is 5.14. The van der Waals surface area contributed by atoms with E-state index in [2.05, 4.69) is 4.98 Å². The molecular formula is C19H20ClN3OS. The summed E-state index contributed by atoms with van der Waals surface area (Å²) in [7, 11) is 0. The summed E-state index contributed by atoms with van der Waals surface area (Å²) < 4.78 is 2.04. The van der Waals surface area contributed by atoms with E-state index in [4.69, 9.17) is 11.6 Å². The number of carbonyl (C=O) groups excluding carboxylic acids is 1. The fourth-order valence-electron chi connectivity index (χ4n) is 2.63. The number of carbonyl (C=O) groups is 1. The molecule has 1 amide bonds. The Morgan fingerprint density at radius 2 is 2.08 bits per heavy atom.